The van der Waals surface area contributed by atoms with Crippen molar-refractivity contribution in [3.63, 3.8) is 0 Å². The van der Waals surface area contributed by atoms with Gasteiger partial charge in [-0.05, 0) is 25.0 Å². The van der Waals surface area contributed by atoms with Crippen LogP contribution in [0.5, 0.6) is 0 Å². The zero-order valence-electron chi connectivity index (χ0n) is 11.8. The molecule has 8 heteroatoms. The van der Waals surface area contributed by atoms with E-state index in [0.29, 0.717) is 31.7 Å². The molecule has 0 bridgehead atoms. The van der Waals surface area contributed by atoms with Gasteiger partial charge in [-0.1, -0.05) is 5.16 Å². The van der Waals surface area contributed by atoms with Crippen molar-refractivity contribution in [2.75, 3.05) is 13.1 Å². The van der Waals surface area contributed by atoms with Gasteiger partial charge >= 0.3 is 0 Å². The van der Waals surface area contributed by atoms with E-state index in [4.69, 9.17) is 8.94 Å². The maximum absolute atomic E-state index is 12.4. The van der Waals surface area contributed by atoms with Gasteiger partial charge < -0.3 is 13.8 Å². The standard InChI is InChI=1S/C14H16N2O5S/c17-14(13-3-6-15-21-13)16-7-4-12(5-8-16)22(18,19)10-11-2-1-9-20-11/h1-3,6,9,12H,4-5,7-8,10H2. The fraction of sp³-hybridized carbons (Fsp3) is 0.429. The third-order valence-corrected chi connectivity index (χ3v) is 5.98. The molecule has 1 amide bonds. The van der Waals surface area contributed by atoms with E-state index >= 15 is 0 Å². The van der Waals surface area contributed by atoms with Crippen LogP contribution >= 0.6 is 0 Å². The molecule has 22 heavy (non-hydrogen) atoms. The molecule has 1 aliphatic heterocycles. The highest BCUT2D eigenvalue weighted by Gasteiger charge is 2.33. The lowest BCUT2D eigenvalue weighted by atomic mass is 10.1. The number of hydrogen-bond donors (Lipinski definition) is 0. The highest BCUT2D eigenvalue weighted by molar-refractivity contribution is 7.91. The van der Waals surface area contributed by atoms with Crippen molar-refractivity contribution in [1.82, 2.24) is 10.1 Å². The number of aromatic nitrogens is 1. The van der Waals surface area contributed by atoms with Crippen molar-refractivity contribution in [1.29, 1.82) is 0 Å². The average Bonchev–Trinajstić information content (AvgIpc) is 3.19. The van der Waals surface area contributed by atoms with Gasteiger partial charge in [0.1, 0.15) is 11.5 Å². The van der Waals surface area contributed by atoms with Crippen LogP contribution in [-0.4, -0.2) is 42.7 Å². The molecule has 0 N–H and O–H groups in total. The number of amides is 1. The number of sulfone groups is 1. The van der Waals surface area contributed by atoms with Gasteiger partial charge in [-0.2, -0.15) is 0 Å². The minimum Gasteiger partial charge on any atom is -0.468 e. The fourth-order valence-electron chi connectivity index (χ4n) is 2.61. The molecule has 0 atom stereocenters. The Morgan fingerprint density at radius 2 is 2.09 bits per heavy atom. The number of furan rings is 1. The number of piperidine rings is 1. The molecule has 1 aliphatic rings. The summed E-state index contributed by atoms with van der Waals surface area (Å²) >= 11 is 0. The van der Waals surface area contributed by atoms with Gasteiger partial charge in [0.15, 0.2) is 9.84 Å². The molecule has 1 fully saturated rings. The van der Waals surface area contributed by atoms with E-state index in [1.165, 1.54) is 18.5 Å². The van der Waals surface area contributed by atoms with Crippen LogP contribution in [0.25, 0.3) is 0 Å². The number of carbonyl (C=O) groups excluding carboxylic acids is 1. The van der Waals surface area contributed by atoms with Crippen molar-refractivity contribution in [2.45, 2.75) is 23.8 Å². The maximum Gasteiger partial charge on any atom is 0.292 e. The molecular formula is C14H16N2O5S. The highest BCUT2D eigenvalue weighted by Crippen LogP contribution is 2.22. The first-order valence-electron chi connectivity index (χ1n) is 7.00. The van der Waals surface area contributed by atoms with Crippen LogP contribution in [0.4, 0.5) is 0 Å². The summed E-state index contributed by atoms with van der Waals surface area (Å²) in [5.74, 6) is 0.275. The van der Waals surface area contributed by atoms with E-state index in [0.717, 1.165) is 0 Å². The molecule has 0 radical (unpaired) electrons. The van der Waals surface area contributed by atoms with Crippen LogP contribution in [-0.2, 0) is 15.6 Å². The predicted octanol–water partition coefficient (Wildman–Crippen LogP) is 1.49. The smallest absolute Gasteiger partial charge is 0.292 e. The zero-order chi connectivity index (χ0) is 15.6. The summed E-state index contributed by atoms with van der Waals surface area (Å²) in [4.78, 5) is 13.7. The Kier molecular flexibility index (Phi) is 4.02. The van der Waals surface area contributed by atoms with Crippen molar-refractivity contribution in [3.8, 4) is 0 Å². The molecule has 7 nitrogen and oxygen atoms in total. The van der Waals surface area contributed by atoms with Gasteiger partial charge in [0.05, 0.1) is 17.7 Å². The van der Waals surface area contributed by atoms with Crippen LogP contribution in [0.3, 0.4) is 0 Å². The summed E-state index contributed by atoms with van der Waals surface area (Å²) in [5.41, 5.74) is 0. The average molecular weight is 324 g/mol. The van der Waals surface area contributed by atoms with Crippen LogP contribution in [0.15, 0.2) is 39.6 Å². The summed E-state index contributed by atoms with van der Waals surface area (Å²) in [7, 11) is -3.28. The van der Waals surface area contributed by atoms with E-state index in [1.54, 1.807) is 17.0 Å². The first kappa shape index (κ1) is 14.8. The number of nitrogens with zero attached hydrogens (tertiary/aromatic N) is 2. The first-order valence-corrected chi connectivity index (χ1v) is 8.72. The Balaban J connectivity index is 1.60. The predicted molar refractivity (Wildman–Crippen MR) is 76.8 cm³/mol. The third kappa shape index (κ3) is 3.06. The third-order valence-electron chi connectivity index (χ3n) is 3.81. The highest BCUT2D eigenvalue weighted by atomic mass is 32.2. The van der Waals surface area contributed by atoms with Gasteiger partial charge in [-0.25, -0.2) is 8.42 Å². The van der Waals surface area contributed by atoms with Crippen molar-refractivity contribution in [3.05, 3.63) is 42.2 Å². The Hall–Kier alpha value is -2.09. The van der Waals surface area contributed by atoms with Crippen molar-refractivity contribution in [2.24, 2.45) is 0 Å². The van der Waals surface area contributed by atoms with Crippen molar-refractivity contribution < 1.29 is 22.2 Å². The molecule has 2 aromatic heterocycles. The largest absolute Gasteiger partial charge is 0.468 e. The molecule has 2 aromatic rings. The van der Waals surface area contributed by atoms with E-state index in [-0.39, 0.29) is 17.4 Å². The van der Waals surface area contributed by atoms with Gasteiger partial charge in [0.2, 0.25) is 5.76 Å². The SMILES string of the molecule is O=C(c1ccno1)N1CCC(S(=O)(=O)Cc2ccco2)CC1. The second kappa shape index (κ2) is 5.96. The molecule has 1 saturated heterocycles. The van der Waals surface area contributed by atoms with E-state index in [2.05, 4.69) is 5.16 Å². The second-order valence-corrected chi connectivity index (χ2v) is 7.54. The molecule has 3 heterocycles. The molecule has 0 aliphatic carbocycles. The minimum absolute atomic E-state index is 0.0965. The molecule has 0 saturated carbocycles. The minimum atomic E-state index is -3.28. The van der Waals surface area contributed by atoms with E-state index in [1.807, 2.05) is 0 Å². The Morgan fingerprint density at radius 1 is 1.32 bits per heavy atom. The fourth-order valence-corrected chi connectivity index (χ4v) is 4.34. The number of likely N-dealkylation sites (tertiary alicyclic amines) is 1. The summed E-state index contributed by atoms with van der Waals surface area (Å²) in [6.07, 6.45) is 3.71. The number of hydrogen-bond acceptors (Lipinski definition) is 6. The molecule has 0 aromatic carbocycles. The lowest BCUT2D eigenvalue weighted by Gasteiger charge is -2.30. The first-order chi connectivity index (χ1) is 10.6. The summed E-state index contributed by atoms with van der Waals surface area (Å²) in [5, 5.41) is 3.06. The maximum atomic E-state index is 12.4. The summed E-state index contributed by atoms with van der Waals surface area (Å²) in [6.45, 7) is 0.781. The lowest BCUT2D eigenvalue weighted by molar-refractivity contribution is 0.0683. The van der Waals surface area contributed by atoms with E-state index in [9.17, 15) is 13.2 Å². The van der Waals surface area contributed by atoms with Crippen LogP contribution in [0.1, 0.15) is 29.2 Å². The topological polar surface area (TPSA) is 93.6 Å². The molecular weight excluding hydrogens is 308 g/mol. The van der Waals surface area contributed by atoms with Gasteiger partial charge in [-0.3, -0.25) is 4.79 Å². The van der Waals surface area contributed by atoms with Gasteiger partial charge in [0.25, 0.3) is 5.91 Å². The summed E-state index contributed by atoms with van der Waals surface area (Å²) in [6, 6.07) is 4.83. The van der Waals surface area contributed by atoms with Gasteiger partial charge in [0, 0.05) is 19.2 Å². The Labute approximate surface area is 127 Å². The van der Waals surface area contributed by atoms with Crippen LogP contribution < -0.4 is 0 Å². The number of carbonyl (C=O) groups is 1. The Bertz CT molecular complexity index is 713. The van der Waals surface area contributed by atoms with Crippen LogP contribution in [0, 0.1) is 0 Å². The van der Waals surface area contributed by atoms with E-state index < -0.39 is 15.1 Å². The number of rotatable bonds is 4. The Morgan fingerprint density at radius 3 is 2.68 bits per heavy atom. The molecule has 118 valence electrons. The monoisotopic (exact) mass is 324 g/mol. The second-order valence-electron chi connectivity index (χ2n) is 5.25. The van der Waals surface area contributed by atoms with Crippen molar-refractivity contribution >= 4 is 15.7 Å². The molecule has 0 spiro atoms. The molecule has 0 unspecified atom stereocenters. The van der Waals surface area contributed by atoms with Gasteiger partial charge in [-0.15, -0.1) is 0 Å². The van der Waals surface area contributed by atoms with Crippen LogP contribution in [0.2, 0.25) is 0 Å². The quantitative estimate of drug-likeness (QED) is 0.846. The molecule has 3 rings (SSSR count). The zero-order valence-corrected chi connectivity index (χ0v) is 12.7. The lowest BCUT2D eigenvalue weighted by Crippen LogP contribution is -2.42. The summed E-state index contributed by atoms with van der Waals surface area (Å²) < 4.78 is 34.7. The normalized spacial score (nSPS) is 16.8.